The molecule has 4 rings (SSSR count). The number of aliphatic hydroxyl groups excluding tert-OH is 1. The number of ether oxygens (including phenoxy) is 2. The van der Waals surface area contributed by atoms with Crippen molar-refractivity contribution in [3.63, 3.8) is 0 Å². The van der Waals surface area contributed by atoms with Crippen LogP contribution in [0.25, 0.3) is 0 Å². The van der Waals surface area contributed by atoms with Crippen LogP contribution in [0.4, 0.5) is 0 Å². The Morgan fingerprint density at radius 3 is 2.39 bits per heavy atom. The van der Waals surface area contributed by atoms with Gasteiger partial charge < -0.3 is 19.7 Å². The normalized spacial score (nSPS) is 49.9. The third-order valence-electron chi connectivity index (χ3n) is 10.1. The Labute approximate surface area is 186 Å². The Kier molecular flexibility index (Phi) is 5.74. The molecular formula is C25H40O6. The van der Waals surface area contributed by atoms with Crippen molar-refractivity contribution in [2.75, 3.05) is 0 Å². The molecule has 0 aliphatic heterocycles. The summed E-state index contributed by atoms with van der Waals surface area (Å²) >= 11 is 0. The highest BCUT2D eigenvalue weighted by Gasteiger charge is 2.68. The van der Waals surface area contributed by atoms with Crippen LogP contribution in [-0.2, 0) is 19.1 Å². The molecule has 4 fully saturated rings. The fourth-order valence-corrected chi connectivity index (χ4v) is 8.74. The minimum Gasteiger partial charge on any atom is -0.463 e. The minimum absolute atomic E-state index is 0.000671. The van der Waals surface area contributed by atoms with Crippen LogP contribution in [0.15, 0.2) is 0 Å². The zero-order valence-electron chi connectivity index (χ0n) is 19.7. The van der Waals surface area contributed by atoms with Crippen LogP contribution in [0.1, 0.15) is 86.0 Å². The molecule has 4 aliphatic rings. The smallest absolute Gasteiger partial charge is 0.302 e. The fourth-order valence-electron chi connectivity index (χ4n) is 8.74. The summed E-state index contributed by atoms with van der Waals surface area (Å²) in [6, 6.07) is 0. The second-order valence-corrected chi connectivity index (χ2v) is 11.5. The van der Waals surface area contributed by atoms with Crippen molar-refractivity contribution in [3.8, 4) is 0 Å². The van der Waals surface area contributed by atoms with Crippen LogP contribution in [0.3, 0.4) is 0 Å². The molecule has 0 saturated heterocycles. The molecule has 0 aromatic heterocycles. The average Bonchev–Trinajstić information content (AvgIpc) is 2.92. The lowest BCUT2D eigenvalue weighted by Crippen LogP contribution is -2.63. The molecule has 0 aromatic carbocycles. The van der Waals surface area contributed by atoms with Crippen molar-refractivity contribution in [1.29, 1.82) is 0 Å². The summed E-state index contributed by atoms with van der Waals surface area (Å²) in [5.74, 6) is 0.745. The SMILES string of the molecule is CC(=O)O[C@@H]1CC[C@@]2(C)[C@@H](CC[C@@H]3[C@@H]2[C@@H](O)C[C@@]2(C)[C@H]3CC[C@]2(O)[C@@H](C)OC(C)=O)C1. The fraction of sp³-hybridized carbons (Fsp3) is 0.920. The lowest BCUT2D eigenvalue weighted by atomic mass is 9.43. The summed E-state index contributed by atoms with van der Waals surface area (Å²) < 4.78 is 11.0. The zero-order valence-corrected chi connectivity index (χ0v) is 19.7. The third kappa shape index (κ3) is 3.43. The molecule has 4 saturated carbocycles. The van der Waals surface area contributed by atoms with Crippen molar-refractivity contribution in [1.82, 2.24) is 0 Å². The largest absolute Gasteiger partial charge is 0.463 e. The van der Waals surface area contributed by atoms with Crippen LogP contribution in [0, 0.1) is 34.5 Å². The van der Waals surface area contributed by atoms with Gasteiger partial charge in [0.2, 0.25) is 0 Å². The number of rotatable bonds is 3. The lowest BCUT2D eigenvalue weighted by Gasteiger charge is -2.63. The molecule has 0 spiro atoms. The molecule has 2 N–H and O–H groups in total. The molecule has 0 amide bonds. The van der Waals surface area contributed by atoms with Crippen molar-refractivity contribution in [3.05, 3.63) is 0 Å². The summed E-state index contributed by atoms with van der Waals surface area (Å²) in [5.41, 5.74) is -1.55. The summed E-state index contributed by atoms with van der Waals surface area (Å²) in [6.45, 7) is 9.11. The maximum absolute atomic E-state index is 11.7. The topological polar surface area (TPSA) is 93.1 Å². The van der Waals surface area contributed by atoms with E-state index < -0.39 is 23.2 Å². The van der Waals surface area contributed by atoms with Gasteiger partial charge in [-0.3, -0.25) is 9.59 Å². The van der Waals surface area contributed by atoms with Crippen molar-refractivity contribution >= 4 is 11.9 Å². The van der Waals surface area contributed by atoms with E-state index in [1.54, 1.807) is 6.92 Å². The van der Waals surface area contributed by atoms with Crippen molar-refractivity contribution < 1.29 is 29.3 Å². The minimum atomic E-state index is -1.11. The quantitative estimate of drug-likeness (QED) is 0.657. The van der Waals surface area contributed by atoms with E-state index in [2.05, 4.69) is 13.8 Å². The Hall–Kier alpha value is -1.14. The van der Waals surface area contributed by atoms with E-state index in [-0.39, 0.29) is 29.4 Å². The summed E-state index contributed by atoms with van der Waals surface area (Å²) in [6.07, 6.45) is 5.80. The van der Waals surface area contributed by atoms with E-state index in [0.29, 0.717) is 30.6 Å². The van der Waals surface area contributed by atoms with E-state index in [0.717, 1.165) is 38.5 Å². The van der Waals surface area contributed by atoms with E-state index in [1.165, 1.54) is 13.8 Å². The number of hydrogen-bond donors (Lipinski definition) is 2. The molecule has 0 heterocycles. The maximum Gasteiger partial charge on any atom is 0.302 e. The first kappa shape index (κ1) is 23.0. The number of carbonyl (C=O) groups is 2. The van der Waals surface area contributed by atoms with E-state index in [4.69, 9.17) is 9.47 Å². The Morgan fingerprint density at radius 1 is 1.03 bits per heavy atom. The summed E-state index contributed by atoms with van der Waals surface area (Å²) in [7, 11) is 0. The molecule has 31 heavy (non-hydrogen) atoms. The van der Waals surface area contributed by atoms with Gasteiger partial charge in [0, 0.05) is 19.3 Å². The molecule has 6 heteroatoms. The number of hydrogen-bond acceptors (Lipinski definition) is 6. The van der Waals surface area contributed by atoms with Crippen LogP contribution in [-0.4, -0.2) is 46.1 Å². The van der Waals surface area contributed by atoms with Crippen LogP contribution >= 0.6 is 0 Å². The predicted octanol–water partition coefficient (Wildman–Crippen LogP) is 3.61. The van der Waals surface area contributed by atoms with Crippen molar-refractivity contribution in [2.45, 2.75) is 110 Å². The Morgan fingerprint density at radius 2 is 1.74 bits per heavy atom. The van der Waals surface area contributed by atoms with Gasteiger partial charge in [-0.25, -0.2) is 0 Å². The van der Waals surface area contributed by atoms with Crippen LogP contribution in [0.5, 0.6) is 0 Å². The first-order valence-electron chi connectivity index (χ1n) is 12.2. The molecule has 0 bridgehead atoms. The second kappa shape index (κ2) is 7.72. The van der Waals surface area contributed by atoms with Gasteiger partial charge in [0.1, 0.15) is 17.8 Å². The molecular weight excluding hydrogens is 396 g/mol. The Bertz CT molecular complexity index is 738. The second-order valence-electron chi connectivity index (χ2n) is 11.5. The third-order valence-corrected chi connectivity index (χ3v) is 10.1. The first-order valence-corrected chi connectivity index (χ1v) is 12.2. The maximum atomic E-state index is 11.7. The molecule has 10 atom stereocenters. The van der Waals surface area contributed by atoms with Crippen LogP contribution in [0.2, 0.25) is 0 Å². The van der Waals surface area contributed by atoms with E-state index in [1.807, 2.05) is 0 Å². The predicted molar refractivity (Wildman–Crippen MR) is 115 cm³/mol. The highest BCUT2D eigenvalue weighted by Crippen LogP contribution is 2.68. The highest BCUT2D eigenvalue weighted by molar-refractivity contribution is 5.66. The van der Waals surface area contributed by atoms with Gasteiger partial charge in [-0.1, -0.05) is 13.8 Å². The summed E-state index contributed by atoms with van der Waals surface area (Å²) in [5, 5.41) is 23.3. The van der Waals surface area contributed by atoms with Gasteiger partial charge in [0.25, 0.3) is 0 Å². The molecule has 6 nitrogen and oxygen atoms in total. The van der Waals surface area contributed by atoms with Gasteiger partial charge in [0.05, 0.1) is 6.10 Å². The zero-order chi connectivity index (χ0) is 22.8. The molecule has 0 unspecified atom stereocenters. The van der Waals surface area contributed by atoms with Crippen LogP contribution < -0.4 is 0 Å². The monoisotopic (exact) mass is 436 g/mol. The van der Waals surface area contributed by atoms with Gasteiger partial charge >= 0.3 is 11.9 Å². The molecule has 176 valence electrons. The number of fused-ring (bicyclic) bond motifs is 5. The van der Waals surface area contributed by atoms with Gasteiger partial charge in [-0.2, -0.15) is 0 Å². The van der Waals surface area contributed by atoms with Crippen molar-refractivity contribution in [2.24, 2.45) is 34.5 Å². The average molecular weight is 437 g/mol. The Balaban J connectivity index is 1.59. The standard InChI is InChI=1S/C25H40O6/c1-14(30-15(2)26)25(29)11-9-20-19-7-6-17-12-18(31-16(3)27)8-10-23(17,4)22(19)21(28)13-24(20,25)5/h14,17-22,28-29H,6-13H2,1-5H3/t14-,17+,18-,19+,20+,21+,22-,23+,24+,25+/m1/s1. The summed E-state index contributed by atoms with van der Waals surface area (Å²) in [4.78, 5) is 23.0. The van der Waals surface area contributed by atoms with E-state index >= 15 is 0 Å². The molecule has 0 radical (unpaired) electrons. The van der Waals surface area contributed by atoms with Gasteiger partial charge in [0.15, 0.2) is 0 Å². The number of esters is 2. The first-order chi connectivity index (χ1) is 14.4. The number of aliphatic hydroxyl groups is 2. The van der Waals surface area contributed by atoms with Gasteiger partial charge in [-0.05, 0) is 87.4 Å². The lowest BCUT2D eigenvalue weighted by molar-refractivity contribution is -0.224. The number of carbonyl (C=O) groups excluding carboxylic acids is 2. The van der Waals surface area contributed by atoms with Gasteiger partial charge in [-0.15, -0.1) is 0 Å². The molecule has 0 aromatic rings. The highest BCUT2D eigenvalue weighted by atomic mass is 16.6. The molecule has 4 aliphatic carbocycles. The van der Waals surface area contributed by atoms with E-state index in [9.17, 15) is 19.8 Å².